The zero-order valence-electron chi connectivity index (χ0n) is 12.7. The molecule has 0 atom stereocenters. The predicted molar refractivity (Wildman–Crippen MR) is 86.6 cm³/mol. The number of carbonyl (C=O) groups is 2. The number of aryl methyl sites for hydroxylation is 1. The van der Waals surface area contributed by atoms with Crippen LogP contribution in [0.1, 0.15) is 28.4 Å². The van der Waals surface area contributed by atoms with Crippen LogP contribution in [0.25, 0.3) is 6.08 Å². The summed E-state index contributed by atoms with van der Waals surface area (Å²) in [5.41, 5.74) is 2.41. The molecule has 0 fully saturated rings. The molecule has 22 heavy (non-hydrogen) atoms. The molecule has 0 aliphatic rings. The van der Waals surface area contributed by atoms with E-state index >= 15 is 0 Å². The van der Waals surface area contributed by atoms with Gasteiger partial charge in [0.05, 0.1) is 6.61 Å². The molecule has 2 rings (SSSR count). The maximum Gasteiger partial charge on any atom is 0.342 e. The lowest BCUT2D eigenvalue weighted by molar-refractivity contribution is -0.137. The molecule has 0 bridgehead atoms. The Morgan fingerprint density at radius 1 is 1.00 bits per heavy atom. The van der Waals surface area contributed by atoms with Gasteiger partial charge in [-0.25, -0.2) is 4.79 Å². The maximum atomic E-state index is 12.6. The van der Waals surface area contributed by atoms with Crippen molar-refractivity contribution in [1.29, 1.82) is 0 Å². The molecule has 3 heteroatoms. The van der Waals surface area contributed by atoms with Gasteiger partial charge in [0.15, 0.2) is 5.78 Å². The Hall–Kier alpha value is -2.68. The Bertz CT molecular complexity index is 682. The fraction of sp³-hybridized carbons (Fsp3) is 0.158. The molecule has 0 spiro atoms. The monoisotopic (exact) mass is 294 g/mol. The lowest BCUT2D eigenvalue weighted by Crippen LogP contribution is -2.16. The molecular formula is C19H18O3. The van der Waals surface area contributed by atoms with Crippen molar-refractivity contribution < 1.29 is 14.3 Å². The van der Waals surface area contributed by atoms with Crippen molar-refractivity contribution in [3.63, 3.8) is 0 Å². The zero-order valence-corrected chi connectivity index (χ0v) is 12.7. The van der Waals surface area contributed by atoms with Crippen molar-refractivity contribution in [3.05, 3.63) is 76.9 Å². The van der Waals surface area contributed by atoms with Crippen LogP contribution in [0.5, 0.6) is 0 Å². The standard InChI is InChI=1S/C19H18O3/c1-3-22-19(21)17(13-15-11-9-14(2)10-12-15)18(20)16-7-5-4-6-8-16/h4-13H,3H2,1-2H3. The SMILES string of the molecule is CCOC(=O)C(=Cc1ccc(C)cc1)C(=O)c1ccccc1. The van der Waals surface area contributed by atoms with Crippen LogP contribution in [0.3, 0.4) is 0 Å². The van der Waals surface area contributed by atoms with E-state index < -0.39 is 5.97 Å². The second kappa shape index (κ2) is 7.36. The molecule has 0 amide bonds. The first kappa shape index (κ1) is 15.7. The topological polar surface area (TPSA) is 43.4 Å². The number of ether oxygens (including phenoxy) is 1. The second-order valence-electron chi connectivity index (χ2n) is 4.88. The quantitative estimate of drug-likeness (QED) is 0.277. The average molecular weight is 294 g/mol. The molecule has 2 aromatic rings. The van der Waals surface area contributed by atoms with Crippen LogP contribution in [0.4, 0.5) is 0 Å². The van der Waals surface area contributed by atoms with Crippen LogP contribution < -0.4 is 0 Å². The number of hydrogen-bond acceptors (Lipinski definition) is 3. The van der Waals surface area contributed by atoms with E-state index in [1.807, 2.05) is 37.3 Å². The molecule has 0 N–H and O–H groups in total. The fourth-order valence-electron chi connectivity index (χ4n) is 2.00. The lowest BCUT2D eigenvalue weighted by Gasteiger charge is -2.07. The zero-order chi connectivity index (χ0) is 15.9. The van der Waals surface area contributed by atoms with Crippen LogP contribution in [0.15, 0.2) is 60.2 Å². The Morgan fingerprint density at radius 2 is 1.64 bits per heavy atom. The lowest BCUT2D eigenvalue weighted by atomic mass is 10.0. The third kappa shape index (κ3) is 3.92. The van der Waals surface area contributed by atoms with Crippen molar-refractivity contribution in [2.75, 3.05) is 6.61 Å². The van der Waals surface area contributed by atoms with Gasteiger partial charge >= 0.3 is 5.97 Å². The Morgan fingerprint density at radius 3 is 2.23 bits per heavy atom. The minimum atomic E-state index is -0.600. The van der Waals surface area contributed by atoms with Crippen LogP contribution in [0, 0.1) is 6.92 Å². The van der Waals surface area contributed by atoms with E-state index in [0.29, 0.717) is 5.56 Å². The van der Waals surface area contributed by atoms with Gasteiger partial charge in [-0.15, -0.1) is 0 Å². The summed E-state index contributed by atoms with van der Waals surface area (Å²) in [6.45, 7) is 3.93. The van der Waals surface area contributed by atoms with E-state index in [0.717, 1.165) is 11.1 Å². The molecule has 0 radical (unpaired) electrons. The van der Waals surface area contributed by atoms with Crippen molar-refractivity contribution in [1.82, 2.24) is 0 Å². The van der Waals surface area contributed by atoms with Crippen LogP contribution in [-0.2, 0) is 9.53 Å². The van der Waals surface area contributed by atoms with Gasteiger partial charge in [0.2, 0.25) is 0 Å². The first-order valence-electron chi connectivity index (χ1n) is 7.17. The van der Waals surface area contributed by atoms with E-state index in [9.17, 15) is 9.59 Å². The number of benzene rings is 2. The molecule has 0 aromatic heterocycles. The largest absolute Gasteiger partial charge is 0.462 e. The summed E-state index contributed by atoms with van der Waals surface area (Å²) in [5.74, 6) is -0.934. The van der Waals surface area contributed by atoms with Crippen LogP contribution >= 0.6 is 0 Å². The molecule has 0 saturated heterocycles. The van der Waals surface area contributed by atoms with Gasteiger partial charge in [0.25, 0.3) is 0 Å². The van der Waals surface area contributed by atoms with Crippen molar-refractivity contribution >= 4 is 17.8 Å². The summed E-state index contributed by atoms with van der Waals surface area (Å²) in [6, 6.07) is 16.3. The van der Waals surface area contributed by atoms with Gasteiger partial charge in [-0.05, 0) is 25.5 Å². The van der Waals surface area contributed by atoms with Gasteiger partial charge < -0.3 is 4.74 Å². The third-order valence-corrected chi connectivity index (χ3v) is 3.16. The number of carbonyl (C=O) groups excluding carboxylic acids is 2. The minimum Gasteiger partial charge on any atom is -0.462 e. The average Bonchev–Trinajstić information content (AvgIpc) is 2.54. The highest BCUT2D eigenvalue weighted by Crippen LogP contribution is 2.15. The van der Waals surface area contributed by atoms with Crippen molar-refractivity contribution in [2.24, 2.45) is 0 Å². The van der Waals surface area contributed by atoms with E-state index in [-0.39, 0.29) is 18.0 Å². The number of ketones is 1. The van der Waals surface area contributed by atoms with E-state index in [2.05, 4.69) is 0 Å². The highest BCUT2D eigenvalue weighted by atomic mass is 16.5. The number of rotatable bonds is 5. The molecule has 0 unspecified atom stereocenters. The molecule has 0 saturated carbocycles. The van der Waals surface area contributed by atoms with Crippen LogP contribution in [-0.4, -0.2) is 18.4 Å². The van der Waals surface area contributed by atoms with Crippen molar-refractivity contribution in [3.8, 4) is 0 Å². The highest BCUT2D eigenvalue weighted by molar-refractivity contribution is 6.26. The van der Waals surface area contributed by atoms with Gasteiger partial charge in [-0.3, -0.25) is 4.79 Å². The molecule has 112 valence electrons. The second-order valence-corrected chi connectivity index (χ2v) is 4.88. The predicted octanol–water partition coefficient (Wildman–Crippen LogP) is 3.82. The Balaban J connectivity index is 2.40. The first-order chi connectivity index (χ1) is 10.6. The third-order valence-electron chi connectivity index (χ3n) is 3.16. The molecule has 3 nitrogen and oxygen atoms in total. The molecule has 2 aromatic carbocycles. The summed E-state index contributed by atoms with van der Waals surface area (Å²) < 4.78 is 5.01. The Kier molecular flexibility index (Phi) is 5.26. The number of Topliss-reactive ketones (excluding diaryl/α,β-unsaturated/α-hetero) is 1. The van der Waals surface area contributed by atoms with E-state index in [4.69, 9.17) is 4.74 Å². The van der Waals surface area contributed by atoms with Crippen LogP contribution in [0.2, 0.25) is 0 Å². The minimum absolute atomic E-state index is 0.0388. The first-order valence-corrected chi connectivity index (χ1v) is 7.17. The highest BCUT2D eigenvalue weighted by Gasteiger charge is 2.20. The summed E-state index contributed by atoms with van der Waals surface area (Å²) in [6.07, 6.45) is 1.58. The molecule has 0 heterocycles. The summed E-state index contributed by atoms with van der Waals surface area (Å²) in [7, 11) is 0. The Labute approximate surface area is 130 Å². The smallest absolute Gasteiger partial charge is 0.342 e. The van der Waals surface area contributed by atoms with E-state index in [1.165, 1.54) is 0 Å². The van der Waals surface area contributed by atoms with Crippen molar-refractivity contribution in [2.45, 2.75) is 13.8 Å². The van der Waals surface area contributed by atoms with Gasteiger partial charge in [0, 0.05) is 5.56 Å². The summed E-state index contributed by atoms with van der Waals surface area (Å²) >= 11 is 0. The maximum absolute atomic E-state index is 12.6. The summed E-state index contributed by atoms with van der Waals surface area (Å²) in [4.78, 5) is 24.7. The van der Waals surface area contributed by atoms with Gasteiger partial charge in [-0.1, -0.05) is 60.2 Å². The molecule has 0 aliphatic heterocycles. The normalized spacial score (nSPS) is 11.1. The molecular weight excluding hydrogens is 276 g/mol. The number of hydrogen-bond donors (Lipinski definition) is 0. The molecule has 0 aliphatic carbocycles. The van der Waals surface area contributed by atoms with E-state index in [1.54, 1.807) is 37.3 Å². The number of esters is 1. The van der Waals surface area contributed by atoms with Gasteiger partial charge in [0.1, 0.15) is 5.57 Å². The fourth-order valence-corrected chi connectivity index (χ4v) is 2.00. The van der Waals surface area contributed by atoms with Gasteiger partial charge in [-0.2, -0.15) is 0 Å². The summed E-state index contributed by atoms with van der Waals surface area (Å²) in [5, 5.41) is 0.